The van der Waals surface area contributed by atoms with Gasteiger partial charge in [-0.3, -0.25) is 14.9 Å². The molecule has 256 valence electrons. The highest BCUT2D eigenvalue weighted by Gasteiger charge is 2.82. The van der Waals surface area contributed by atoms with E-state index in [1.165, 1.54) is 7.11 Å². The monoisotopic (exact) mass is 649 g/mol. The number of ether oxygens (including phenoxy) is 3. The molecule has 2 aliphatic heterocycles. The first-order chi connectivity index (χ1) is 22.4. The number of rotatable bonds is 8. The minimum Gasteiger partial charge on any atom is -0.468 e. The molecule has 0 unspecified atom stereocenters. The van der Waals surface area contributed by atoms with E-state index in [1.54, 1.807) is 0 Å². The first-order valence-corrected chi connectivity index (χ1v) is 17.7. The summed E-state index contributed by atoms with van der Waals surface area (Å²) >= 11 is 0. The summed E-state index contributed by atoms with van der Waals surface area (Å²) in [6.45, 7) is 8.34. The summed E-state index contributed by atoms with van der Waals surface area (Å²) in [6.07, 6.45) is 4.68. The number of methoxy groups -OCH3 is 1. The van der Waals surface area contributed by atoms with E-state index in [4.69, 9.17) is 14.2 Å². The quantitative estimate of drug-likeness (QED) is 0.283. The molecule has 13 atom stereocenters. The van der Waals surface area contributed by atoms with Crippen LogP contribution in [-0.2, 0) is 35.0 Å². The van der Waals surface area contributed by atoms with E-state index >= 15 is 0 Å². The highest BCUT2D eigenvalue weighted by Crippen LogP contribution is 2.73. The van der Waals surface area contributed by atoms with Crippen molar-refractivity contribution < 1.29 is 38.8 Å². The summed E-state index contributed by atoms with van der Waals surface area (Å²) < 4.78 is 17.6. The number of cyclic esters (lactones) is 1. The molecule has 3 N–H and O–H groups in total. The summed E-state index contributed by atoms with van der Waals surface area (Å²) in [4.78, 5) is 39.9. The lowest BCUT2D eigenvalue weighted by molar-refractivity contribution is -0.170. The SMILES string of the molecule is COC(=O)[C@@H](Cc1ccccc1)N[C@H]1CC(=O)[C@]2(C)[C@H]3CC[C@]4(C)[C@@H]([C@H](C)[C@H]5CC(C)=C(CO)C(=O)O5)CC[C@H]4[C@@H]3C[C@H]3O[C@]32[C@H]1O. The lowest BCUT2D eigenvalue weighted by atomic mass is 9.43. The van der Waals surface area contributed by atoms with Gasteiger partial charge in [0, 0.05) is 18.9 Å². The van der Waals surface area contributed by atoms with Crippen molar-refractivity contribution in [3.63, 3.8) is 0 Å². The van der Waals surface area contributed by atoms with Gasteiger partial charge >= 0.3 is 11.9 Å². The molecule has 0 bridgehead atoms. The van der Waals surface area contributed by atoms with Crippen LogP contribution in [0.1, 0.15) is 78.2 Å². The molecule has 9 nitrogen and oxygen atoms in total. The number of hydrogen-bond donors (Lipinski definition) is 3. The molecule has 7 rings (SSSR count). The lowest BCUT2D eigenvalue weighted by Gasteiger charge is -2.60. The van der Waals surface area contributed by atoms with Crippen LogP contribution in [0.3, 0.4) is 0 Å². The van der Waals surface area contributed by atoms with Crippen LogP contribution in [-0.4, -0.2) is 77.6 Å². The number of Topliss-reactive ketones (excluding diaryl/α,β-unsaturated/α-hetero) is 1. The Kier molecular flexibility index (Phi) is 8.25. The van der Waals surface area contributed by atoms with Crippen LogP contribution in [0.2, 0.25) is 0 Å². The second kappa shape index (κ2) is 11.8. The largest absolute Gasteiger partial charge is 0.468 e. The van der Waals surface area contributed by atoms with Crippen molar-refractivity contribution in [3.8, 4) is 0 Å². The van der Waals surface area contributed by atoms with Crippen LogP contribution in [0.15, 0.2) is 41.5 Å². The van der Waals surface area contributed by atoms with Gasteiger partial charge in [0.2, 0.25) is 0 Å². The molecule has 5 fully saturated rings. The summed E-state index contributed by atoms with van der Waals surface area (Å²) in [6, 6.07) is 8.37. The molecule has 0 amide bonds. The molecule has 6 aliphatic rings. The standard InChI is InChI=1S/C38H51NO8/c1-20-15-30(46-34(43)24(20)19-40)21(2)25-11-12-26-23-17-32-38(47-32)33(42)28(18-31(41)37(38,4)27(23)13-14-36(25,26)3)39-29(35(44)45-5)16-22-9-7-6-8-10-22/h6-10,21,23,25-30,32-33,39-40,42H,11-19H2,1-5H3/t21-,23-,25+,26-,27-,28-,29+,30+,32+,33-,36+,37-,38-/m0/s1. The number of fused-ring (bicyclic) bond motifs is 4. The summed E-state index contributed by atoms with van der Waals surface area (Å²) in [5.74, 6) is 0.720. The molecule has 9 heteroatoms. The van der Waals surface area contributed by atoms with Crippen molar-refractivity contribution in [1.29, 1.82) is 0 Å². The lowest BCUT2D eigenvalue weighted by Crippen LogP contribution is -2.70. The molecule has 0 aromatic heterocycles. The number of nitrogens with one attached hydrogen (secondary N) is 1. The van der Waals surface area contributed by atoms with Gasteiger partial charge in [0.25, 0.3) is 0 Å². The molecule has 1 aromatic carbocycles. The average Bonchev–Trinajstić information content (AvgIpc) is 3.69. The fourth-order valence-corrected chi connectivity index (χ4v) is 11.7. The van der Waals surface area contributed by atoms with Crippen LogP contribution < -0.4 is 5.32 Å². The number of benzene rings is 1. The van der Waals surface area contributed by atoms with E-state index in [9.17, 15) is 24.6 Å². The Morgan fingerprint density at radius 3 is 2.53 bits per heavy atom. The molecule has 47 heavy (non-hydrogen) atoms. The first kappa shape index (κ1) is 32.9. The van der Waals surface area contributed by atoms with Gasteiger partial charge in [-0.25, -0.2) is 4.79 Å². The molecular formula is C38H51NO8. The minimum absolute atomic E-state index is 0.0543. The fourth-order valence-electron chi connectivity index (χ4n) is 11.7. The van der Waals surface area contributed by atoms with Gasteiger partial charge in [-0.05, 0) is 92.9 Å². The Bertz CT molecular complexity index is 1460. The maximum atomic E-state index is 14.4. The number of ketones is 1. The van der Waals surface area contributed by atoms with Crippen molar-refractivity contribution in [2.45, 2.75) is 115 Å². The van der Waals surface area contributed by atoms with Gasteiger partial charge in [0.05, 0.1) is 30.8 Å². The van der Waals surface area contributed by atoms with Crippen molar-refractivity contribution in [2.24, 2.45) is 40.4 Å². The highest BCUT2D eigenvalue weighted by molar-refractivity contribution is 5.91. The normalized spacial score (nSPS) is 43.6. The smallest absolute Gasteiger partial charge is 0.336 e. The maximum Gasteiger partial charge on any atom is 0.336 e. The van der Waals surface area contributed by atoms with Crippen LogP contribution in [0.4, 0.5) is 0 Å². The third kappa shape index (κ3) is 4.81. The predicted octanol–water partition coefficient (Wildman–Crippen LogP) is 3.93. The number of aliphatic hydroxyl groups is 2. The topological polar surface area (TPSA) is 135 Å². The zero-order valence-corrected chi connectivity index (χ0v) is 28.4. The third-order valence-corrected chi connectivity index (χ3v) is 14.2. The Labute approximate surface area is 277 Å². The second-order valence-corrected chi connectivity index (χ2v) is 16.0. The molecule has 1 saturated heterocycles. The number of epoxide rings is 1. The number of carbonyl (C=O) groups is 3. The Hall–Kier alpha value is -2.59. The zero-order chi connectivity index (χ0) is 33.5. The number of esters is 2. The zero-order valence-electron chi connectivity index (χ0n) is 28.4. The molecule has 2 heterocycles. The van der Waals surface area contributed by atoms with E-state index in [0.717, 1.165) is 43.2 Å². The molecule has 0 radical (unpaired) electrons. The van der Waals surface area contributed by atoms with E-state index in [2.05, 4.69) is 26.1 Å². The van der Waals surface area contributed by atoms with E-state index < -0.39 is 35.2 Å². The molecule has 1 aromatic rings. The van der Waals surface area contributed by atoms with Crippen molar-refractivity contribution in [3.05, 3.63) is 47.0 Å². The Morgan fingerprint density at radius 2 is 1.85 bits per heavy atom. The maximum absolute atomic E-state index is 14.4. The van der Waals surface area contributed by atoms with Crippen LogP contribution >= 0.6 is 0 Å². The van der Waals surface area contributed by atoms with Crippen LogP contribution in [0.25, 0.3) is 0 Å². The summed E-state index contributed by atoms with van der Waals surface area (Å²) in [5, 5.41) is 25.0. The first-order valence-electron chi connectivity index (χ1n) is 17.7. The second-order valence-electron chi connectivity index (χ2n) is 16.0. The van der Waals surface area contributed by atoms with Gasteiger partial charge < -0.3 is 24.4 Å². The van der Waals surface area contributed by atoms with Gasteiger partial charge in [0.1, 0.15) is 29.6 Å². The highest BCUT2D eigenvalue weighted by atomic mass is 16.6. The van der Waals surface area contributed by atoms with Crippen LogP contribution in [0.5, 0.6) is 0 Å². The number of hydrogen-bond acceptors (Lipinski definition) is 9. The third-order valence-electron chi connectivity index (χ3n) is 14.2. The van der Waals surface area contributed by atoms with E-state index in [-0.39, 0.29) is 54.2 Å². The van der Waals surface area contributed by atoms with Gasteiger partial charge in [0.15, 0.2) is 0 Å². The molecule has 4 saturated carbocycles. The molecule has 4 aliphatic carbocycles. The average molecular weight is 650 g/mol. The fraction of sp³-hybridized carbons (Fsp3) is 0.711. The van der Waals surface area contributed by atoms with Crippen molar-refractivity contribution in [2.75, 3.05) is 13.7 Å². The van der Waals surface area contributed by atoms with Crippen molar-refractivity contribution in [1.82, 2.24) is 5.32 Å². The summed E-state index contributed by atoms with van der Waals surface area (Å²) in [7, 11) is 1.36. The van der Waals surface area contributed by atoms with Crippen molar-refractivity contribution >= 4 is 17.7 Å². The van der Waals surface area contributed by atoms with Crippen LogP contribution in [0, 0.1) is 40.4 Å². The summed E-state index contributed by atoms with van der Waals surface area (Å²) in [5.41, 5.74) is 0.587. The van der Waals surface area contributed by atoms with E-state index in [1.807, 2.05) is 37.3 Å². The Morgan fingerprint density at radius 1 is 1.11 bits per heavy atom. The number of aliphatic hydroxyl groups excluding tert-OH is 2. The van der Waals surface area contributed by atoms with Gasteiger partial charge in [-0.1, -0.05) is 49.8 Å². The predicted molar refractivity (Wildman–Crippen MR) is 173 cm³/mol. The van der Waals surface area contributed by atoms with Gasteiger partial charge in [-0.15, -0.1) is 0 Å². The van der Waals surface area contributed by atoms with Gasteiger partial charge in [-0.2, -0.15) is 0 Å². The molecular weight excluding hydrogens is 598 g/mol. The number of carbonyl (C=O) groups excluding carboxylic acids is 3. The van der Waals surface area contributed by atoms with E-state index in [0.29, 0.717) is 36.2 Å². The minimum atomic E-state index is -0.946. The molecule has 1 spiro atoms. The Balaban J connectivity index is 1.10.